The molecule has 0 saturated heterocycles. The molecule has 0 bridgehead atoms. The van der Waals surface area contributed by atoms with Crippen LogP contribution in [0.2, 0.25) is 0 Å². The number of carbonyl (C=O) groups is 1. The highest BCUT2D eigenvalue weighted by Crippen LogP contribution is 2.16. The number of hydrogen-bond acceptors (Lipinski definition) is 4. The summed E-state index contributed by atoms with van der Waals surface area (Å²) >= 11 is 1.64. The highest BCUT2D eigenvalue weighted by molar-refractivity contribution is 8.14. The second kappa shape index (κ2) is 4.50. The van der Waals surface area contributed by atoms with E-state index in [1.165, 1.54) is 0 Å². The molecule has 0 aliphatic carbocycles. The maximum atomic E-state index is 10.9. The Bertz CT molecular complexity index is 229. The minimum Gasteiger partial charge on any atom is -0.368 e. The van der Waals surface area contributed by atoms with Gasteiger partial charge in [0.2, 0.25) is 5.91 Å². The van der Waals surface area contributed by atoms with Gasteiger partial charge in [-0.05, 0) is 13.3 Å². The molecule has 0 saturated carbocycles. The molecule has 3 N–H and O–H groups in total. The van der Waals surface area contributed by atoms with Crippen LogP contribution < -0.4 is 11.1 Å². The van der Waals surface area contributed by atoms with Crippen molar-refractivity contribution in [2.24, 2.45) is 10.7 Å². The van der Waals surface area contributed by atoms with Gasteiger partial charge in [0.05, 0.1) is 6.04 Å². The average molecular weight is 201 g/mol. The number of thioether (sulfide) groups is 1. The van der Waals surface area contributed by atoms with Crippen LogP contribution in [-0.2, 0) is 4.79 Å². The molecule has 0 aromatic carbocycles. The third kappa shape index (κ3) is 2.91. The lowest BCUT2D eigenvalue weighted by molar-refractivity contribution is -0.119. The molecule has 1 aliphatic heterocycles. The van der Waals surface area contributed by atoms with Crippen molar-refractivity contribution in [3.63, 3.8) is 0 Å². The van der Waals surface area contributed by atoms with Gasteiger partial charge in [0.15, 0.2) is 5.17 Å². The van der Waals surface area contributed by atoms with Crippen LogP contribution in [-0.4, -0.2) is 28.9 Å². The molecule has 74 valence electrons. The van der Waals surface area contributed by atoms with E-state index in [2.05, 4.69) is 10.3 Å². The fraction of sp³-hybridized carbons (Fsp3) is 0.750. The molecule has 0 aromatic rings. The van der Waals surface area contributed by atoms with Crippen LogP contribution in [0.15, 0.2) is 4.99 Å². The van der Waals surface area contributed by atoms with Gasteiger partial charge in [0.25, 0.3) is 0 Å². The topological polar surface area (TPSA) is 67.5 Å². The van der Waals surface area contributed by atoms with Crippen molar-refractivity contribution in [2.75, 3.05) is 5.75 Å². The molecule has 4 nitrogen and oxygen atoms in total. The van der Waals surface area contributed by atoms with E-state index >= 15 is 0 Å². The van der Waals surface area contributed by atoms with Crippen LogP contribution in [0, 0.1) is 0 Å². The Morgan fingerprint density at radius 3 is 3.00 bits per heavy atom. The van der Waals surface area contributed by atoms with Crippen LogP contribution in [0.5, 0.6) is 0 Å². The third-order valence-electron chi connectivity index (χ3n) is 1.85. The van der Waals surface area contributed by atoms with Gasteiger partial charge < -0.3 is 11.1 Å². The van der Waals surface area contributed by atoms with Crippen molar-refractivity contribution in [2.45, 2.75) is 32.4 Å². The summed E-state index contributed by atoms with van der Waals surface area (Å²) < 4.78 is 0. The molecule has 1 heterocycles. The molecule has 1 aliphatic rings. The number of rotatable bonds is 3. The standard InChI is InChI=1S/C8H15N3OS/c1-3-6(7(9)12)11-8-10-5(2)4-13-8/h5-6H,3-4H2,1-2H3,(H2,9,12)(H,10,11). The van der Waals surface area contributed by atoms with Gasteiger partial charge in [-0.1, -0.05) is 18.7 Å². The summed E-state index contributed by atoms with van der Waals surface area (Å²) in [5, 5.41) is 3.88. The Labute approximate surface area is 82.4 Å². The minimum atomic E-state index is -0.314. The zero-order valence-corrected chi connectivity index (χ0v) is 8.73. The van der Waals surface area contributed by atoms with E-state index in [0.29, 0.717) is 12.5 Å². The van der Waals surface area contributed by atoms with E-state index in [4.69, 9.17) is 5.73 Å². The number of nitrogens with zero attached hydrogens (tertiary/aromatic N) is 1. The molecule has 0 aromatic heterocycles. The van der Waals surface area contributed by atoms with Gasteiger partial charge in [0.1, 0.15) is 6.04 Å². The maximum absolute atomic E-state index is 10.9. The van der Waals surface area contributed by atoms with Crippen LogP contribution >= 0.6 is 11.8 Å². The number of aliphatic imine (C=N–C) groups is 1. The fourth-order valence-electron chi connectivity index (χ4n) is 1.08. The molecule has 5 heteroatoms. The Kier molecular flexibility index (Phi) is 3.59. The van der Waals surface area contributed by atoms with Gasteiger partial charge in [-0.15, -0.1) is 0 Å². The summed E-state index contributed by atoms with van der Waals surface area (Å²) in [6.07, 6.45) is 0.698. The first kappa shape index (κ1) is 10.4. The second-order valence-corrected chi connectivity index (χ2v) is 4.11. The smallest absolute Gasteiger partial charge is 0.239 e. The number of nitrogens with one attached hydrogen (secondary N) is 1. The molecular weight excluding hydrogens is 186 g/mol. The first-order chi connectivity index (χ1) is 6.13. The zero-order valence-electron chi connectivity index (χ0n) is 7.91. The SMILES string of the molecule is CCC(NC1=NC(C)CS1)C(N)=O. The van der Waals surface area contributed by atoms with Gasteiger partial charge in [-0.3, -0.25) is 9.79 Å². The quantitative estimate of drug-likeness (QED) is 0.691. The zero-order chi connectivity index (χ0) is 9.84. The van der Waals surface area contributed by atoms with Gasteiger partial charge in [0, 0.05) is 5.75 Å². The first-order valence-electron chi connectivity index (χ1n) is 4.40. The molecule has 13 heavy (non-hydrogen) atoms. The van der Waals surface area contributed by atoms with Crippen molar-refractivity contribution in [3.05, 3.63) is 0 Å². The largest absolute Gasteiger partial charge is 0.368 e. The third-order valence-corrected chi connectivity index (χ3v) is 2.99. The predicted molar refractivity (Wildman–Crippen MR) is 55.8 cm³/mol. The average Bonchev–Trinajstić information content (AvgIpc) is 2.46. The summed E-state index contributed by atoms with van der Waals surface area (Å²) in [4.78, 5) is 15.2. The van der Waals surface area contributed by atoms with Gasteiger partial charge in [-0.2, -0.15) is 0 Å². The summed E-state index contributed by atoms with van der Waals surface area (Å²) in [6.45, 7) is 3.97. The highest BCUT2D eigenvalue weighted by atomic mass is 32.2. The predicted octanol–water partition coefficient (Wildman–Crippen LogP) is 0.331. The summed E-state index contributed by atoms with van der Waals surface area (Å²) in [5.41, 5.74) is 5.19. The monoisotopic (exact) mass is 201 g/mol. The summed E-state index contributed by atoms with van der Waals surface area (Å²) in [6, 6.07) is 0.0643. The number of nitrogens with two attached hydrogens (primary N) is 1. The Morgan fingerprint density at radius 1 is 1.92 bits per heavy atom. The molecule has 2 atom stereocenters. The molecule has 0 fully saturated rings. The van der Waals surface area contributed by atoms with Crippen molar-refractivity contribution in [1.82, 2.24) is 5.32 Å². The van der Waals surface area contributed by atoms with E-state index < -0.39 is 0 Å². The van der Waals surface area contributed by atoms with E-state index in [1.54, 1.807) is 11.8 Å². The lowest BCUT2D eigenvalue weighted by Crippen LogP contribution is -2.42. The number of carbonyl (C=O) groups excluding carboxylic acids is 1. The minimum absolute atomic E-state index is 0.281. The molecule has 0 spiro atoms. The lowest BCUT2D eigenvalue weighted by atomic mass is 10.2. The van der Waals surface area contributed by atoms with E-state index in [-0.39, 0.29) is 11.9 Å². The molecular formula is C8H15N3OS. The normalized spacial score (nSPS) is 23.8. The number of amides is 1. The van der Waals surface area contributed by atoms with Crippen molar-refractivity contribution in [3.8, 4) is 0 Å². The highest BCUT2D eigenvalue weighted by Gasteiger charge is 2.19. The van der Waals surface area contributed by atoms with E-state index in [1.807, 2.05) is 13.8 Å². The molecule has 2 unspecified atom stereocenters. The van der Waals surface area contributed by atoms with E-state index in [9.17, 15) is 4.79 Å². The van der Waals surface area contributed by atoms with Crippen LogP contribution in [0.1, 0.15) is 20.3 Å². The Balaban J connectivity index is 2.47. The van der Waals surface area contributed by atoms with Crippen molar-refractivity contribution < 1.29 is 4.79 Å². The molecule has 1 rings (SSSR count). The molecule has 0 radical (unpaired) electrons. The van der Waals surface area contributed by atoms with Gasteiger partial charge in [-0.25, -0.2) is 0 Å². The van der Waals surface area contributed by atoms with Crippen molar-refractivity contribution >= 4 is 22.8 Å². The number of primary amides is 1. The second-order valence-electron chi connectivity index (χ2n) is 3.10. The van der Waals surface area contributed by atoms with Crippen LogP contribution in [0.25, 0.3) is 0 Å². The Hall–Kier alpha value is -0.710. The number of hydrogen-bond donors (Lipinski definition) is 2. The summed E-state index contributed by atoms with van der Waals surface area (Å²) in [5.74, 6) is 0.669. The number of amidine groups is 1. The van der Waals surface area contributed by atoms with Crippen LogP contribution in [0.3, 0.4) is 0 Å². The first-order valence-corrected chi connectivity index (χ1v) is 5.38. The lowest BCUT2D eigenvalue weighted by Gasteiger charge is -2.13. The Morgan fingerprint density at radius 2 is 2.62 bits per heavy atom. The van der Waals surface area contributed by atoms with Gasteiger partial charge >= 0.3 is 0 Å². The van der Waals surface area contributed by atoms with E-state index in [0.717, 1.165) is 10.9 Å². The maximum Gasteiger partial charge on any atom is 0.239 e. The molecule has 1 amide bonds. The fourth-order valence-corrected chi connectivity index (χ4v) is 2.03. The summed E-state index contributed by atoms with van der Waals surface area (Å²) in [7, 11) is 0. The van der Waals surface area contributed by atoms with Crippen LogP contribution in [0.4, 0.5) is 0 Å². The van der Waals surface area contributed by atoms with Crippen molar-refractivity contribution in [1.29, 1.82) is 0 Å².